The first-order valence-corrected chi connectivity index (χ1v) is 10.3. The molecule has 5 heteroatoms. The van der Waals surface area contributed by atoms with Crippen LogP contribution in [0.5, 0.6) is 0 Å². The number of aliphatic hydroxyl groups excluding tert-OH is 1. The molecule has 0 saturated carbocycles. The Kier molecular flexibility index (Phi) is 4.37. The number of para-hydroxylation sites is 1. The van der Waals surface area contributed by atoms with Crippen molar-refractivity contribution in [1.82, 2.24) is 9.88 Å². The van der Waals surface area contributed by atoms with E-state index >= 15 is 0 Å². The molecule has 1 aliphatic rings. The van der Waals surface area contributed by atoms with Crippen LogP contribution in [0.15, 0.2) is 90.7 Å². The van der Waals surface area contributed by atoms with Crippen molar-refractivity contribution in [2.45, 2.75) is 12.6 Å². The average molecular weight is 398 g/mol. The molecule has 0 unspecified atom stereocenters. The number of rotatable bonds is 4. The monoisotopic (exact) mass is 397 g/mol. The summed E-state index contributed by atoms with van der Waals surface area (Å²) in [5.41, 5.74) is 3.47. The average Bonchev–Trinajstić information content (AvgIpc) is 3.28. The summed E-state index contributed by atoms with van der Waals surface area (Å²) in [5.74, 6) is 0.496. The number of amidine groups is 1. The van der Waals surface area contributed by atoms with Gasteiger partial charge in [0.25, 0.3) is 0 Å². The highest BCUT2D eigenvalue weighted by Gasteiger charge is 2.39. The molecule has 1 atom stereocenters. The van der Waals surface area contributed by atoms with Crippen molar-refractivity contribution in [3.8, 4) is 0 Å². The quantitative estimate of drug-likeness (QED) is 0.457. The number of aromatic nitrogens is 1. The lowest BCUT2D eigenvalue weighted by molar-refractivity contribution is 0.270. The van der Waals surface area contributed by atoms with Crippen molar-refractivity contribution >= 4 is 33.0 Å². The summed E-state index contributed by atoms with van der Waals surface area (Å²) < 4.78 is 1.05. The van der Waals surface area contributed by atoms with Crippen LogP contribution in [-0.4, -0.2) is 20.8 Å². The van der Waals surface area contributed by atoms with Crippen LogP contribution in [0, 0.1) is 5.41 Å². The van der Waals surface area contributed by atoms with Gasteiger partial charge in [0.2, 0.25) is 0 Å². The Hall–Kier alpha value is -3.44. The second-order valence-corrected chi connectivity index (χ2v) is 8.05. The maximum absolute atomic E-state index is 11.3. The van der Waals surface area contributed by atoms with Crippen molar-refractivity contribution in [1.29, 1.82) is 5.41 Å². The van der Waals surface area contributed by atoms with Crippen LogP contribution < -0.4 is 0 Å². The molecule has 0 saturated heterocycles. The van der Waals surface area contributed by atoms with Crippen LogP contribution in [0.4, 0.5) is 0 Å². The number of hydrogen-bond acceptors (Lipinski definition) is 4. The van der Waals surface area contributed by atoms with E-state index in [0.29, 0.717) is 23.0 Å². The van der Waals surface area contributed by atoms with E-state index in [1.54, 1.807) is 0 Å². The van der Waals surface area contributed by atoms with Gasteiger partial charge in [-0.25, -0.2) is 4.98 Å². The normalized spacial score (nSPS) is 16.8. The van der Waals surface area contributed by atoms with E-state index < -0.39 is 6.04 Å². The summed E-state index contributed by atoms with van der Waals surface area (Å²) in [5, 5.41) is 20.9. The van der Waals surface area contributed by atoms with Gasteiger partial charge in [-0.1, -0.05) is 72.8 Å². The van der Waals surface area contributed by atoms with Gasteiger partial charge in [-0.2, -0.15) is 0 Å². The van der Waals surface area contributed by atoms with Gasteiger partial charge in [-0.3, -0.25) is 5.41 Å². The van der Waals surface area contributed by atoms with Crippen LogP contribution >= 0.6 is 11.3 Å². The fourth-order valence-electron chi connectivity index (χ4n) is 3.79. The molecule has 1 aromatic heterocycles. The summed E-state index contributed by atoms with van der Waals surface area (Å²) in [4.78, 5) is 6.64. The van der Waals surface area contributed by atoms with Crippen molar-refractivity contribution in [3.63, 3.8) is 0 Å². The Labute approximate surface area is 172 Å². The third-order valence-electron chi connectivity index (χ3n) is 5.17. The second kappa shape index (κ2) is 7.18. The number of thiazole rings is 1. The van der Waals surface area contributed by atoms with Gasteiger partial charge in [0, 0.05) is 6.54 Å². The van der Waals surface area contributed by atoms with Crippen molar-refractivity contribution in [2.75, 3.05) is 0 Å². The van der Waals surface area contributed by atoms with Gasteiger partial charge >= 0.3 is 0 Å². The largest absolute Gasteiger partial charge is 0.509 e. The standard InChI is InChI=1S/C24H19N3OS/c25-23-20(24-26-18-13-7-8-14-19(18)29-24)22(28)21(17-11-5-2-6-12-17)27(23)15-16-9-3-1-4-10-16/h1-14,21,25,28H,15H2/t21-/m0/s1. The van der Waals surface area contributed by atoms with E-state index in [4.69, 9.17) is 10.4 Å². The molecule has 0 bridgehead atoms. The molecule has 2 heterocycles. The van der Waals surface area contributed by atoms with E-state index in [9.17, 15) is 5.11 Å². The zero-order chi connectivity index (χ0) is 19.8. The van der Waals surface area contributed by atoms with E-state index in [0.717, 1.165) is 21.3 Å². The lowest BCUT2D eigenvalue weighted by atomic mass is 10.0. The molecular formula is C24H19N3OS. The molecule has 0 amide bonds. The molecular weight excluding hydrogens is 378 g/mol. The summed E-state index contributed by atoms with van der Waals surface area (Å²) >= 11 is 1.51. The fourth-order valence-corrected chi connectivity index (χ4v) is 4.81. The minimum Gasteiger partial charge on any atom is -0.509 e. The number of fused-ring (bicyclic) bond motifs is 1. The molecule has 0 fully saturated rings. The predicted octanol–water partition coefficient (Wildman–Crippen LogP) is 5.80. The number of nitrogens with zero attached hydrogens (tertiary/aromatic N) is 2. The highest BCUT2D eigenvalue weighted by molar-refractivity contribution is 7.19. The molecule has 4 aromatic rings. The Morgan fingerprint density at radius 2 is 1.55 bits per heavy atom. The summed E-state index contributed by atoms with van der Waals surface area (Å²) in [6.07, 6.45) is 0. The van der Waals surface area contributed by atoms with Gasteiger partial charge in [-0.15, -0.1) is 11.3 Å². The molecule has 142 valence electrons. The van der Waals surface area contributed by atoms with Gasteiger partial charge in [0.05, 0.1) is 15.8 Å². The smallest absolute Gasteiger partial charge is 0.135 e. The Morgan fingerprint density at radius 3 is 2.28 bits per heavy atom. The van der Waals surface area contributed by atoms with E-state index in [2.05, 4.69) is 0 Å². The fraction of sp³-hybridized carbons (Fsp3) is 0.0833. The Morgan fingerprint density at radius 1 is 0.897 bits per heavy atom. The van der Waals surface area contributed by atoms with E-state index in [-0.39, 0.29) is 5.76 Å². The number of hydrogen-bond donors (Lipinski definition) is 2. The van der Waals surface area contributed by atoms with E-state index in [1.807, 2.05) is 89.8 Å². The van der Waals surface area contributed by atoms with Gasteiger partial charge in [0.15, 0.2) is 0 Å². The number of nitrogens with one attached hydrogen (secondary N) is 1. The van der Waals surface area contributed by atoms with Crippen LogP contribution in [0.3, 0.4) is 0 Å². The predicted molar refractivity (Wildman–Crippen MR) is 118 cm³/mol. The minimum absolute atomic E-state index is 0.191. The van der Waals surface area contributed by atoms with Crippen LogP contribution in [-0.2, 0) is 6.54 Å². The summed E-state index contributed by atoms with van der Waals surface area (Å²) in [6, 6.07) is 27.4. The second-order valence-electron chi connectivity index (χ2n) is 7.02. The van der Waals surface area contributed by atoms with Crippen molar-refractivity contribution in [3.05, 3.63) is 107 Å². The third kappa shape index (κ3) is 3.09. The topological polar surface area (TPSA) is 60.2 Å². The van der Waals surface area contributed by atoms with Gasteiger partial charge < -0.3 is 10.0 Å². The minimum atomic E-state index is -0.397. The molecule has 0 aliphatic carbocycles. The Bertz CT molecular complexity index is 1180. The van der Waals surface area contributed by atoms with Crippen LogP contribution in [0.2, 0.25) is 0 Å². The molecule has 0 radical (unpaired) electrons. The molecule has 29 heavy (non-hydrogen) atoms. The first kappa shape index (κ1) is 17.6. The van der Waals surface area contributed by atoms with Crippen LogP contribution in [0.25, 0.3) is 15.8 Å². The lowest BCUT2D eigenvalue weighted by Gasteiger charge is -2.27. The maximum atomic E-state index is 11.3. The Balaban J connectivity index is 1.62. The van der Waals surface area contributed by atoms with Crippen molar-refractivity contribution < 1.29 is 5.11 Å². The SMILES string of the molecule is N=C1C(c2nc3ccccc3s2)=C(O)[C@H](c2ccccc2)N1Cc1ccccc1. The zero-order valence-corrected chi connectivity index (χ0v) is 16.4. The molecule has 5 rings (SSSR count). The highest BCUT2D eigenvalue weighted by atomic mass is 32.1. The highest BCUT2D eigenvalue weighted by Crippen LogP contribution is 2.43. The molecule has 1 aliphatic heterocycles. The molecule has 2 N–H and O–H groups in total. The molecule has 4 nitrogen and oxygen atoms in total. The lowest BCUT2D eigenvalue weighted by Crippen LogP contribution is -2.29. The number of benzene rings is 3. The molecule has 3 aromatic carbocycles. The van der Waals surface area contributed by atoms with Gasteiger partial charge in [-0.05, 0) is 23.3 Å². The summed E-state index contributed by atoms with van der Waals surface area (Å²) in [6.45, 7) is 0.539. The summed E-state index contributed by atoms with van der Waals surface area (Å²) in [7, 11) is 0. The molecule has 0 spiro atoms. The van der Waals surface area contributed by atoms with Crippen LogP contribution in [0.1, 0.15) is 22.2 Å². The zero-order valence-electron chi connectivity index (χ0n) is 15.6. The van der Waals surface area contributed by atoms with Crippen molar-refractivity contribution in [2.24, 2.45) is 0 Å². The number of aliphatic hydroxyl groups is 1. The third-order valence-corrected chi connectivity index (χ3v) is 6.22. The maximum Gasteiger partial charge on any atom is 0.135 e. The first-order valence-electron chi connectivity index (χ1n) is 9.46. The van der Waals surface area contributed by atoms with Gasteiger partial charge in [0.1, 0.15) is 22.6 Å². The first-order chi connectivity index (χ1) is 14.2. The van der Waals surface area contributed by atoms with E-state index in [1.165, 1.54) is 11.3 Å².